The van der Waals surface area contributed by atoms with Crippen LogP contribution in [0.1, 0.15) is 29.7 Å². The predicted octanol–water partition coefficient (Wildman–Crippen LogP) is 4.68. The standard InChI is InChI=1S/C31H30ClF3N4O4/c32-23-9-4-21(5-10-23)6-13-28(40)38-27(19-24-3-1-2-16-36-24)30(42)37-20-29(41)39-17-14-26(15-18-39)43-25-11-7-22(8-12-25)31(33,34)35/h1-13,16,26-27H,14-15,17-20H2,(H,37,42)(H,38,40)/t27-/m0/s1. The first-order chi connectivity index (χ1) is 20.6. The minimum absolute atomic E-state index is 0.119. The summed E-state index contributed by atoms with van der Waals surface area (Å²) in [6.45, 7) is 0.464. The van der Waals surface area contributed by atoms with Gasteiger partial charge >= 0.3 is 6.18 Å². The van der Waals surface area contributed by atoms with E-state index >= 15 is 0 Å². The van der Waals surface area contributed by atoms with Gasteiger partial charge in [-0.25, -0.2) is 0 Å². The summed E-state index contributed by atoms with van der Waals surface area (Å²) in [4.78, 5) is 44.4. The van der Waals surface area contributed by atoms with Crippen LogP contribution in [0, 0.1) is 0 Å². The van der Waals surface area contributed by atoms with Crippen molar-refractivity contribution in [2.24, 2.45) is 0 Å². The first-order valence-electron chi connectivity index (χ1n) is 13.6. The average molecular weight is 615 g/mol. The molecule has 1 atom stereocenters. The van der Waals surface area contributed by atoms with Gasteiger partial charge in [0.2, 0.25) is 17.7 Å². The fraction of sp³-hybridized carbons (Fsp3) is 0.290. The summed E-state index contributed by atoms with van der Waals surface area (Å²) in [5.41, 5.74) is 0.592. The minimum Gasteiger partial charge on any atom is -0.490 e. The Labute approximate surface area is 251 Å². The lowest BCUT2D eigenvalue weighted by Gasteiger charge is -2.32. The van der Waals surface area contributed by atoms with Gasteiger partial charge in [-0.2, -0.15) is 13.2 Å². The van der Waals surface area contributed by atoms with Gasteiger partial charge in [0.25, 0.3) is 0 Å². The second-order valence-electron chi connectivity index (χ2n) is 9.91. The smallest absolute Gasteiger partial charge is 0.416 e. The molecular weight excluding hydrogens is 585 g/mol. The maximum atomic E-state index is 13.1. The number of pyridine rings is 1. The van der Waals surface area contributed by atoms with Crippen molar-refractivity contribution in [1.29, 1.82) is 0 Å². The highest BCUT2D eigenvalue weighted by Crippen LogP contribution is 2.31. The van der Waals surface area contributed by atoms with Crippen LogP contribution >= 0.6 is 11.6 Å². The van der Waals surface area contributed by atoms with Gasteiger partial charge in [-0.3, -0.25) is 19.4 Å². The van der Waals surface area contributed by atoms with Gasteiger partial charge in [-0.05, 0) is 60.2 Å². The molecule has 12 heteroatoms. The number of alkyl halides is 3. The third-order valence-corrected chi connectivity index (χ3v) is 7.01. The van der Waals surface area contributed by atoms with Crippen LogP contribution in [-0.2, 0) is 27.0 Å². The third-order valence-electron chi connectivity index (χ3n) is 6.76. The van der Waals surface area contributed by atoms with Crippen LogP contribution < -0.4 is 15.4 Å². The van der Waals surface area contributed by atoms with Crippen LogP contribution in [-0.4, -0.2) is 59.4 Å². The maximum absolute atomic E-state index is 13.1. The van der Waals surface area contributed by atoms with E-state index in [1.54, 1.807) is 59.6 Å². The average Bonchev–Trinajstić information content (AvgIpc) is 3.00. The van der Waals surface area contributed by atoms with Crippen LogP contribution in [0.25, 0.3) is 6.08 Å². The largest absolute Gasteiger partial charge is 0.490 e. The van der Waals surface area contributed by atoms with Crippen molar-refractivity contribution in [3.8, 4) is 5.75 Å². The van der Waals surface area contributed by atoms with Crippen molar-refractivity contribution in [3.63, 3.8) is 0 Å². The normalized spacial score (nSPS) is 14.7. The van der Waals surface area contributed by atoms with Gasteiger partial charge in [0.1, 0.15) is 17.9 Å². The van der Waals surface area contributed by atoms with Crippen LogP contribution in [0.5, 0.6) is 5.75 Å². The molecule has 43 heavy (non-hydrogen) atoms. The number of nitrogens with one attached hydrogen (secondary N) is 2. The zero-order valence-electron chi connectivity index (χ0n) is 23.0. The number of carbonyl (C=O) groups excluding carboxylic acids is 3. The number of ether oxygens (including phenoxy) is 1. The monoisotopic (exact) mass is 614 g/mol. The molecule has 1 saturated heterocycles. The molecule has 226 valence electrons. The molecule has 3 amide bonds. The van der Waals surface area contributed by atoms with Gasteiger partial charge < -0.3 is 20.3 Å². The van der Waals surface area contributed by atoms with E-state index in [4.69, 9.17) is 16.3 Å². The molecular formula is C31H30ClF3N4O4. The number of amides is 3. The number of carbonyl (C=O) groups is 3. The molecule has 2 aromatic carbocycles. The Balaban J connectivity index is 1.27. The van der Waals surface area contributed by atoms with Crippen molar-refractivity contribution in [2.75, 3.05) is 19.6 Å². The molecule has 1 fully saturated rings. The highest BCUT2D eigenvalue weighted by Gasteiger charge is 2.30. The first-order valence-corrected chi connectivity index (χ1v) is 14.0. The van der Waals surface area contributed by atoms with Crippen LogP contribution in [0.2, 0.25) is 5.02 Å². The van der Waals surface area contributed by atoms with Crippen LogP contribution in [0.15, 0.2) is 79.0 Å². The van der Waals surface area contributed by atoms with E-state index in [1.807, 2.05) is 0 Å². The highest BCUT2D eigenvalue weighted by atomic mass is 35.5. The molecule has 1 aliphatic heterocycles. The number of nitrogens with zero attached hydrogens (tertiary/aromatic N) is 2. The molecule has 1 aliphatic rings. The van der Waals surface area contributed by atoms with E-state index in [1.165, 1.54) is 18.2 Å². The van der Waals surface area contributed by atoms with Gasteiger partial charge in [0.05, 0.1) is 12.1 Å². The highest BCUT2D eigenvalue weighted by molar-refractivity contribution is 6.30. The first kappa shape index (κ1) is 31.6. The van der Waals surface area contributed by atoms with Gasteiger partial charge in [-0.15, -0.1) is 0 Å². The van der Waals surface area contributed by atoms with Crippen molar-refractivity contribution < 1.29 is 32.3 Å². The van der Waals surface area contributed by atoms with E-state index in [-0.39, 0.29) is 25.0 Å². The number of hydrogen-bond donors (Lipinski definition) is 2. The minimum atomic E-state index is -4.42. The molecule has 2 N–H and O–H groups in total. The number of rotatable bonds is 10. The second-order valence-corrected chi connectivity index (χ2v) is 10.3. The predicted molar refractivity (Wildman–Crippen MR) is 155 cm³/mol. The fourth-order valence-corrected chi connectivity index (χ4v) is 4.56. The number of hydrogen-bond acceptors (Lipinski definition) is 5. The zero-order valence-corrected chi connectivity index (χ0v) is 23.8. The van der Waals surface area contributed by atoms with Gasteiger partial charge in [-0.1, -0.05) is 29.8 Å². The summed E-state index contributed by atoms with van der Waals surface area (Å²) in [6, 6.07) is 15.7. The second kappa shape index (κ2) is 14.7. The van der Waals surface area contributed by atoms with E-state index in [9.17, 15) is 27.6 Å². The van der Waals surface area contributed by atoms with Crippen molar-refractivity contribution in [1.82, 2.24) is 20.5 Å². The van der Waals surface area contributed by atoms with Crippen LogP contribution in [0.4, 0.5) is 13.2 Å². The lowest BCUT2D eigenvalue weighted by Crippen LogP contribution is -2.51. The number of aromatic nitrogens is 1. The lowest BCUT2D eigenvalue weighted by atomic mass is 10.1. The Morgan fingerprint density at radius 3 is 2.35 bits per heavy atom. The summed E-state index contributed by atoms with van der Waals surface area (Å²) >= 11 is 5.89. The van der Waals surface area contributed by atoms with Crippen molar-refractivity contribution in [2.45, 2.75) is 37.6 Å². The van der Waals surface area contributed by atoms with Gasteiger partial charge in [0.15, 0.2) is 0 Å². The topological polar surface area (TPSA) is 101 Å². The molecule has 2 heterocycles. The Morgan fingerprint density at radius 1 is 1.02 bits per heavy atom. The summed E-state index contributed by atoms with van der Waals surface area (Å²) in [5, 5.41) is 5.87. The molecule has 0 aliphatic carbocycles. The Bertz CT molecular complexity index is 1410. The molecule has 0 unspecified atom stereocenters. The number of halogens is 4. The van der Waals surface area contributed by atoms with Gasteiger partial charge in [0, 0.05) is 55.3 Å². The SMILES string of the molecule is O=C(C=Cc1ccc(Cl)cc1)N[C@@H](Cc1ccccn1)C(=O)NCC(=O)N1CCC(Oc2ccc(C(F)(F)F)cc2)CC1. The Kier molecular flexibility index (Phi) is 10.8. The summed E-state index contributed by atoms with van der Waals surface area (Å²) < 4.78 is 44.1. The fourth-order valence-electron chi connectivity index (χ4n) is 4.44. The summed E-state index contributed by atoms with van der Waals surface area (Å²) in [6.07, 6.45) is 0.903. The van der Waals surface area contributed by atoms with E-state index in [2.05, 4.69) is 15.6 Å². The molecule has 0 radical (unpaired) electrons. The third kappa shape index (κ3) is 9.85. The molecule has 3 aromatic rings. The molecule has 0 bridgehead atoms. The van der Waals surface area contributed by atoms with E-state index < -0.39 is 29.6 Å². The summed E-state index contributed by atoms with van der Waals surface area (Å²) in [7, 11) is 0. The number of piperidine rings is 1. The Hall–Kier alpha value is -4.38. The number of benzene rings is 2. The number of likely N-dealkylation sites (tertiary alicyclic amines) is 1. The quantitative estimate of drug-likeness (QED) is 0.323. The molecule has 0 saturated carbocycles. The summed E-state index contributed by atoms with van der Waals surface area (Å²) in [5.74, 6) is -0.999. The van der Waals surface area contributed by atoms with E-state index in [0.29, 0.717) is 42.4 Å². The van der Waals surface area contributed by atoms with E-state index in [0.717, 1.165) is 17.7 Å². The molecule has 1 aromatic heterocycles. The maximum Gasteiger partial charge on any atom is 0.416 e. The Morgan fingerprint density at radius 2 is 1.72 bits per heavy atom. The molecule has 8 nitrogen and oxygen atoms in total. The zero-order chi connectivity index (χ0) is 30.8. The van der Waals surface area contributed by atoms with Crippen molar-refractivity contribution >= 4 is 35.4 Å². The molecule has 4 rings (SSSR count). The van der Waals surface area contributed by atoms with Crippen LogP contribution in [0.3, 0.4) is 0 Å². The molecule has 0 spiro atoms. The van der Waals surface area contributed by atoms with Crippen molar-refractivity contribution in [3.05, 3.63) is 101 Å². The lowest BCUT2D eigenvalue weighted by molar-refractivity contribution is -0.137.